The van der Waals surface area contributed by atoms with Gasteiger partial charge < -0.3 is 0 Å². The molecule has 72 valence electrons. The number of rotatable bonds is 1. The van der Waals surface area contributed by atoms with E-state index in [1.807, 2.05) is 0 Å². The summed E-state index contributed by atoms with van der Waals surface area (Å²) < 4.78 is 0. The third kappa shape index (κ3) is 2.62. The molecule has 6 heteroatoms. The number of thiol groups is 1. The van der Waals surface area contributed by atoms with Crippen molar-refractivity contribution in [1.29, 1.82) is 0 Å². The van der Waals surface area contributed by atoms with Gasteiger partial charge in [-0.25, -0.2) is 4.98 Å². The predicted octanol–water partition coefficient (Wildman–Crippen LogP) is 1.92. The molecule has 1 rings (SSSR count). The zero-order valence-corrected chi connectivity index (χ0v) is 8.55. The molecule has 1 aromatic rings. The highest BCUT2D eigenvalue weighted by Crippen LogP contribution is 2.21. The van der Waals surface area contributed by atoms with Crippen LogP contribution in [-0.4, -0.2) is 15.7 Å². The topological polar surface area (TPSA) is 56.0 Å². The van der Waals surface area contributed by atoms with E-state index in [4.69, 9.17) is 11.6 Å². The van der Waals surface area contributed by atoms with Gasteiger partial charge in [0.05, 0.1) is 10.7 Å². The van der Waals surface area contributed by atoms with Gasteiger partial charge >= 0.3 is 5.69 Å². The molecule has 14 heavy (non-hydrogen) atoms. The normalized spacial score (nSPS) is 9.00. The van der Waals surface area contributed by atoms with E-state index < -0.39 is 4.92 Å². The van der Waals surface area contributed by atoms with Crippen molar-refractivity contribution >= 4 is 29.9 Å². The molecule has 0 saturated heterocycles. The van der Waals surface area contributed by atoms with Gasteiger partial charge in [-0.2, -0.15) is 12.6 Å². The van der Waals surface area contributed by atoms with E-state index in [9.17, 15) is 10.1 Å². The first-order chi connectivity index (χ1) is 6.65. The van der Waals surface area contributed by atoms with Crippen LogP contribution in [0.5, 0.6) is 0 Å². The summed E-state index contributed by atoms with van der Waals surface area (Å²) in [6.45, 7) is 0. The summed E-state index contributed by atoms with van der Waals surface area (Å²) in [5.41, 5.74) is 0.216. The average Bonchev–Trinajstić information content (AvgIpc) is 2.16. The van der Waals surface area contributed by atoms with Crippen molar-refractivity contribution in [3.63, 3.8) is 0 Å². The smallest absolute Gasteiger partial charge is 0.258 e. The summed E-state index contributed by atoms with van der Waals surface area (Å²) in [5.74, 6) is 5.71. The largest absolute Gasteiger partial charge is 0.307 e. The van der Waals surface area contributed by atoms with Crippen LogP contribution < -0.4 is 0 Å². The molecule has 0 amide bonds. The molecular formula is C8H5ClN2O2S. The first-order valence-corrected chi connectivity index (χ1v) is 4.56. The van der Waals surface area contributed by atoms with Crippen LogP contribution >= 0.6 is 24.2 Å². The Morgan fingerprint density at radius 1 is 1.71 bits per heavy atom. The lowest BCUT2D eigenvalue weighted by Gasteiger charge is -1.94. The van der Waals surface area contributed by atoms with Gasteiger partial charge in [-0.1, -0.05) is 23.4 Å². The van der Waals surface area contributed by atoms with Gasteiger partial charge in [-0.3, -0.25) is 10.1 Å². The highest BCUT2D eigenvalue weighted by molar-refractivity contribution is 7.80. The number of nitro groups is 1. The fraction of sp³-hybridized carbons (Fsp3) is 0.125. The summed E-state index contributed by atoms with van der Waals surface area (Å²) in [7, 11) is 0. The summed E-state index contributed by atoms with van der Waals surface area (Å²) in [4.78, 5) is 13.5. The molecule has 0 spiro atoms. The summed E-state index contributed by atoms with van der Waals surface area (Å²) in [5, 5.41) is 10.3. The Morgan fingerprint density at radius 2 is 2.43 bits per heavy atom. The third-order valence-electron chi connectivity index (χ3n) is 1.33. The molecule has 0 atom stereocenters. The maximum atomic E-state index is 10.5. The number of hydrogen-bond donors (Lipinski definition) is 1. The molecule has 0 bridgehead atoms. The van der Waals surface area contributed by atoms with Crippen molar-refractivity contribution in [2.24, 2.45) is 0 Å². The summed E-state index contributed by atoms with van der Waals surface area (Å²) in [6.07, 6.45) is 1.38. The Morgan fingerprint density at radius 3 is 3.00 bits per heavy atom. The van der Waals surface area contributed by atoms with E-state index in [1.165, 1.54) is 12.3 Å². The standard InChI is InChI=1S/C8H5ClN2O2S/c9-8-7(11(12)13)4-6(5-10-8)2-1-3-14/h4-5,14H,3H2. The molecule has 0 fully saturated rings. The minimum atomic E-state index is -0.596. The first-order valence-electron chi connectivity index (χ1n) is 3.55. The number of hydrogen-bond acceptors (Lipinski definition) is 4. The Labute approximate surface area is 90.9 Å². The van der Waals surface area contributed by atoms with Gasteiger partial charge in [-0.15, -0.1) is 0 Å². The Balaban J connectivity index is 3.13. The van der Waals surface area contributed by atoms with Crippen molar-refractivity contribution in [3.05, 3.63) is 33.1 Å². The van der Waals surface area contributed by atoms with Crippen LogP contribution in [0.25, 0.3) is 0 Å². The van der Waals surface area contributed by atoms with Gasteiger partial charge in [0.1, 0.15) is 0 Å². The SMILES string of the molecule is O=[N+]([O-])c1cc(C#CCS)cnc1Cl. The highest BCUT2D eigenvalue weighted by Gasteiger charge is 2.13. The summed E-state index contributed by atoms with van der Waals surface area (Å²) in [6, 6.07) is 1.28. The Bertz CT molecular complexity index is 425. The Hall–Kier alpha value is -1.25. The lowest BCUT2D eigenvalue weighted by Crippen LogP contribution is -1.92. The molecule has 0 aromatic carbocycles. The van der Waals surface area contributed by atoms with Crippen molar-refractivity contribution in [3.8, 4) is 11.8 Å². The minimum Gasteiger partial charge on any atom is -0.258 e. The van der Waals surface area contributed by atoms with Crippen LogP contribution in [0, 0.1) is 22.0 Å². The van der Waals surface area contributed by atoms with Crippen molar-refractivity contribution in [2.45, 2.75) is 0 Å². The molecule has 0 aliphatic heterocycles. The van der Waals surface area contributed by atoms with Gasteiger partial charge in [0.2, 0.25) is 5.15 Å². The fourth-order valence-electron chi connectivity index (χ4n) is 0.774. The lowest BCUT2D eigenvalue weighted by atomic mass is 10.3. The molecule has 0 aliphatic rings. The zero-order chi connectivity index (χ0) is 10.6. The molecule has 1 heterocycles. The first kappa shape index (κ1) is 10.8. The van der Waals surface area contributed by atoms with Crippen molar-refractivity contribution < 1.29 is 4.92 Å². The van der Waals surface area contributed by atoms with Crippen LogP contribution in [0.4, 0.5) is 5.69 Å². The van der Waals surface area contributed by atoms with E-state index in [1.54, 1.807) is 0 Å². The number of nitrogens with zero attached hydrogens (tertiary/aromatic N) is 2. The maximum absolute atomic E-state index is 10.5. The number of pyridine rings is 1. The second kappa shape index (κ2) is 4.84. The third-order valence-corrected chi connectivity index (χ3v) is 1.78. The van der Waals surface area contributed by atoms with Gasteiger partial charge in [0.25, 0.3) is 0 Å². The quantitative estimate of drug-likeness (QED) is 0.263. The number of halogens is 1. The van der Waals surface area contributed by atoms with Crippen LogP contribution in [0.3, 0.4) is 0 Å². The van der Waals surface area contributed by atoms with Crippen LogP contribution in [-0.2, 0) is 0 Å². The van der Waals surface area contributed by atoms with Crippen LogP contribution in [0.1, 0.15) is 5.56 Å². The fourth-order valence-corrected chi connectivity index (χ4v) is 1.03. The van der Waals surface area contributed by atoms with E-state index >= 15 is 0 Å². The second-order valence-corrected chi connectivity index (χ2v) is 2.93. The van der Waals surface area contributed by atoms with Crippen LogP contribution in [0.15, 0.2) is 12.3 Å². The average molecular weight is 229 g/mol. The van der Waals surface area contributed by atoms with E-state index in [-0.39, 0.29) is 10.8 Å². The van der Waals surface area contributed by atoms with Gasteiger partial charge in [0, 0.05) is 17.8 Å². The van der Waals surface area contributed by atoms with Gasteiger partial charge in [-0.05, 0) is 0 Å². The molecule has 0 saturated carbocycles. The lowest BCUT2D eigenvalue weighted by molar-refractivity contribution is -0.385. The molecule has 4 nitrogen and oxygen atoms in total. The molecular weight excluding hydrogens is 224 g/mol. The Kier molecular flexibility index (Phi) is 3.74. The van der Waals surface area contributed by atoms with E-state index in [2.05, 4.69) is 29.5 Å². The minimum absolute atomic E-state index is 0.133. The molecule has 1 aromatic heterocycles. The maximum Gasteiger partial charge on any atom is 0.307 e. The van der Waals surface area contributed by atoms with Crippen LogP contribution in [0.2, 0.25) is 5.15 Å². The molecule has 0 aliphatic carbocycles. The molecule has 0 unspecified atom stereocenters. The van der Waals surface area contributed by atoms with Gasteiger partial charge in [0.15, 0.2) is 0 Å². The van der Waals surface area contributed by atoms with E-state index in [0.29, 0.717) is 11.3 Å². The number of aromatic nitrogens is 1. The summed E-state index contributed by atoms with van der Waals surface area (Å²) >= 11 is 9.39. The van der Waals surface area contributed by atoms with Crippen molar-refractivity contribution in [1.82, 2.24) is 4.98 Å². The second-order valence-electron chi connectivity index (χ2n) is 2.25. The predicted molar refractivity (Wildman–Crippen MR) is 56.6 cm³/mol. The molecule has 0 radical (unpaired) electrons. The highest BCUT2D eigenvalue weighted by atomic mass is 35.5. The van der Waals surface area contributed by atoms with E-state index in [0.717, 1.165) is 0 Å². The monoisotopic (exact) mass is 228 g/mol. The zero-order valence-electron chi connectivity index (χ0n) is 6.90. The molecule has 0 N–H and O–H groups in total. The van der Waals surface area contributed by atoms with Crippen molar-refractivity contribution in [2.75, 3.05) is 5.75 Å².